The average Bonchev–Trinajstić information content (AvgIpc) is 3.43. The van der Waals surface area contributed by atoms with E-state index >= 15 is 0 Å². The highest BCUT2D eigenvalue weighted by atomic mass is 16.5. The number of rotatable bonds is 3. The van der Waals surface area contributed by atoms with Crippen molar-refractivity contribution in [1.29, 1.82) is 0 Å². The molecule has 0 bridgehead atoms. The van der Waals surface area contributed by atoms with E-state index in [4.69, 9.17) is 9.51 Å². The summed E-state index contributed by atoms with van der Waals surface area (Å²) >= 11 is 0. The molecule has 7 heteroatoms. The van der Waals surface area contributed by atoms with Gasteiger partial charge in [-0.2, -0.15) is 0 Å². The number of H-pyrrole nitrogens is 1. The molecule has 1 aromatic carbocycles. The molecule has 3 aromatic heterocycles. The second kappa shape index (κ2) is 6.19. The SMILES string of the molecule is CCc1noc2ncc(C(=O)N3CCCC3c3nc4ccccc4[nH]3)cc12. The topological polar surface area (TPSA) is 87.9 Å². The highest BCUT2D eigenvalue weighted by molar-refractivity contribution is 5.97. The van der Waals surface area contributed by atoms with E-state index in [1.165, 1.54) is 0 Å². The van der Waals surface area contributed by atoms with E-state index in [2.05, 4.69) is 15.1 Å². The molecule has 0 radical (unpaired) electrons. The first-order valence-corrected chi connectivity index (χ1v) is 9.24. The number of likely N-dealkylation sites (tertiary alicyclic amines) is 1. The Hall–Kier alpha value is -3.22. The first-order chi connectivity index (χ1) is 13.2. The van der Waals surface area contributed by atoms with Crippen LogP contribution in [-0.2, 0) is 6.42 Å². The lowest BCUT2D eigenvalue weighted by Crippen LogP contribution is -2.31. The Balaban J connectivity index is 1.50. The zero-order chi connectivity index (χ0) is 18.4. The maximum absolute atomic E-state index is 13.2. The molecule has 5 rings (SSSR count). The fourth-order valence-electron chi connectivity index (χ4n) is 3.84. The molecule has 0 spiro atoms. The molecule has 1 saturated heterocycles. The van der Waals surface area contributed by atoms with E-state index in [1.807, 2.05) is 42.2 Å². The van der Waals surface area contributed by atoms with Crippen LogP contribution >= 0.6 is 0 Å². The number of pyridine rings is 1. The summed E-state index contributed by atoms with van der Waals surface area (Å²) in [7, 11) is 0. The zero-order valence-electron chi connectivity index (χ0n) is 15.0. The maximum Gasteiger partial charge on any atom is 0.257 e. The first kappa shape index (κ1) is 16.0. The number of hydrogen-bond donors (Lipinski definition) is 1. The first-order valence-electron chi connectivity index (χ1n) is 9.24. The number of fused-ring (bicyclic) bond motifs is 2. The van der Waals surface area contributed by atoms with Crippen LogP contribution in [0.1, 0.15) is 47.7 Å². The van der Waals surface area contributed by atoms with Gasteiger partial charge in [0.2, 0.25) is 0 Å². The molecule has 1 atom stereocenters. The lowest BCUT2D eigenvalue weighted by molar-refractivity contribution is 0.0730. The predicted molar refractivity (Wildman–Crippen MR) is 100 cm³/mol. The van der Waals surface area contributed by atoms with Crippen LogP contribution in [0.2, 0.25) is 0 Å². The van der Waals surface area contributed by atoms with Crippen molar-refractivity contribution in [3.8, 4) is 0 Å². The number of benzene rings is 1. The Morgan fingerprint density at radius 2 is 2.26 bits per heavy atom. The van der Waals surface area contributed by atoms with E-state index < -0.39 is 0 Å². The molecule has 4 aromatic rings. The molecule has 1 unspecified atom stereocenters. The van der Waals surface area contributed by atoms with Gasteiger partial charge >= 0.3 is 0 Å². The van der Waals surface area contributed by atoms with Crippen molar-refractivity contribution in [2.75, 3.05) is 6.54 Å². The van der Waals surface area contributed by atoms with Gasteiger partial charge in [-0.1, -0.05) is 24.2 Å². The molecule has 1 fully saturated rings. The van der Waals surface area contributed by atoms with Crippen molar-refractivity contribution >= 4 is 28.0 Å². The highest BCUT2D eigenvalue weighted by Gasteiger charge is 2.33. The number of amides is 1. The van der Waals surface area contributed by atoms with Crippen LogP contribution in [0.3, 0.4) is 0 Å². The molecule has 7 nitrogen and oxygen atoms in total. The van der Waals surface area contributed by atoms with Crippen LogP contribution in [0, 0.1) is 0 Å². The largest absolute Gasteiger partial charge is 0.340 e. The summed E-state index contributed by atoms with van der Waals surface area (Å²) in [5, 5.41) is 4.83. The molecule has 1 N–H and O–H groups in total. The lowest BCUT2D eigenvalue weighted by Gasteiger charge is -2.23. The quantitative estimate of drug-likeness (QED) is 0.602. The number of aryl methyl sites for hydroxylation is 1. The summed E-state index contributed by atoms with van der Waals surface area (Å²) in [5.41, 5.74) is 3.77. The summed E-state index contributed by atoms with van der Waals surface area (Å²) in [5.74, 6) is 0.811. The van der Waals surface area contributed by atoms with Crippen LogP contribution in [0.4, 0.5) is 0 Å². The fourth-order valence-corrected chi connectivity index (χ4v) is 3.84. The minimum absolute atomic E-state index is 0.0318. The second-order valence-corrected chi connectivity index (χ2v) is 6.86. The van der Waals surface area contributed by atoms with Crippen molar-refractivity contribution < 1.29 is 9.32 Å². The molecular weight excluding hydrogens is 342 g/mol. The Morgan fingerprint density at radius 3 is 3.11 bits per heavy atom. The molecule has 4 heterocycles. The third kappa shape index (κ3) is 2.58. The van der Waals surface area contributed by atoms with Crippen LogP contribution < -0.4 is 0 Å². The van der Waals surface area contributed by atoms with Gasteiger partial charge in [0.15, 0.2) is 0 Å². The van der Waals surface area contributed by atoms with E-state index in [0.717, 1.165) is 47.2 Å². The van der Waals surface area contributed by atoms with Crippen LogP contribution in [0.25, 0.3) is 22.1 Å². The average molecular weight is 361 g/mol. The molecule has 1 aliphatic heterocycles. The van der Waals surface area contributed by atoms with Crippen molar-refractivity contribution in [2.45, 2.75) is 32.2 Å². The number of hydrogen-bond acceptors (Lipinski definition) is 5. The number of imidazole rings is 1. The highest BCUT2D eigenvalue weighted by Crippen LogP contribution is 2.33. The summed E-state index contributed by atoms with van der Waals surface area (Å²) in [4.78, 5) is 27.4. The van der Waals surface area contributed by atoms with Gasteiger partial charge in [-0.3, -0.25) is 4.79 Å². The summed E-state index contributed by atoms with van der Waals surface area (Å²) in [6.07, 6.45) is 4.16. The number of nitrogens with one attached hydrogen (secondary N) is 1. The van der Waals surface area contributed by atoms with Crippen LogP contribution in [0.5, 0.6) is 0 Å². The third-order valence-electron chi connectivity index (χ3n) is 5.22. The smallest absolute Gasteiger partial charge is 0.257 e. The number of aromatic nitrogens is 4. The molecule has 1 amide bonds. The second-order valence-electron chi connectivity index (χ2n) is 6.86. The minimum atomic E-state index is -0.0475. The van der Waals surface area contributed by atoms with E-state index in [1.54, 1.807) is 6.20 Å². The molecule has 1 aliphatic rings. The van der Waals surface area contributed by atoms with Gasteiger partial charge in [0.25, 0.3) is 11.6 Å². The van der Waals surface area contributed by atoms with Gasteiger partial charge in [0.1, 0.15) is 5.82 Å². The van der Waals surface area contributed by atoms with Crippen molar-refractivity contribution in [1.82, 2.24) is 25.0 Å². The number of carbonyl (C=O) groups excluding carboxylic acids is 1. The Labute approximate surface area is 155 Å². The number of para-hydroxylation sites is 2. The van der Waals surface area contributed by atoms with Crippen molar-refractivity contribution in [2.24, 2.45) is 0 Å². The normalized spacial score (nSPS) is 17.2. The van der Waals surface area contributed by atoms with Crippen molar-refractivity contribution in [3.05, 3.63) is 53.6 Å². The maximum atomic E-state index is 13.2. The van der Waals surface area contributed by atoms with Crippen molar-refractivity contribution in [3.63, 3.8) is 0 Å². The summed E-state index contributed by atoms with van der Waals surface area (Å²) < 4.78 is 5.22. The zero-order valence-corrected chi connectivity index (χ0v) is 15.0. The minimum Gasteiger partial charge on any atom is -0.340 e. The number of carbonyl (C=O) groups is 1. The predicted octanol–water partition coefficient (Wildman–Crippen LogP) is 3.64. The molecular formula is C20H19N5O2. The van der Waals surface area contributed by atoms with Crippen LogP contribution in [-0.4, -0.2) is 37.5 Å². The van der Waals surface area contributed by atoms with Gasteiger partial charge in [-0.25, -0.2) is 9.97 Å². The molecule has 136 valence electrons. The Morgan fingerprint density at radius 1 is 1.37 bits per heavy atom. The van der Waals surface area contributed by atoms with Gasteiger partial charge < -0.3 is 14.4 Å². The van der Waals surface area contributed by atoms with Gasteiger partial charge in [-0.05, 0) is 37.5 Å². The third-order valence-corrected chi connectivity index (χ3v) is 5.22. The van der Waals surface area contributed by atoms with E-state index in [9.17, 15) is 4.79 Å². The summed E-state index contributed by atoms with van der Waals surface area (Å²) in [6.45, 7) is 2.71. The van der Waals surface area contributed by atoms with E-state index in [0.29, 0.717) is 17.8 Å². The molecule has 0 saturated carbocycles. The number of aromatic amines is 1. The fraction of sp³-hybridized carbons (Fsp3) is 0.300. The van der Waals surface area contributed by atoms with Crippen LogP contribution in [0.15, 0.2) is 41.1 Å². The Bertz CT molecular complexity index is 1110. The Kier molecular flexibility index (Phi) is 3.67. The van der Waals surface area contributed by atoms with Gasteiger partial charge in [0.05, 0.1) is 33.7 Å². The molecule has 0 aliphatic carbocycles. The lowest BCUT2D eigenvalue weighted by atomic mass is 10.1. The standard InChI is InChI=1S/C20H19N5O2/c1-2-14-13-10-12(11-21-19(13)27-24-14)20(26)25-9-5-8-17(25)18-22-15-6-3-4-7-16(15)23-18/h3-4,6-7,10-11,17H,2,5,8-9H2,1H3,(H,22,23). The molecule has 27 heavy (non-hydrogen) atoms. The van der Waals surface area contributed by atoms with Gasteiger partial charge in [0, 0.05) is 12.7 Å². The number of nitrogens with zero attached hydrogens (tertiary/aromatic N) is 4. The van der Waals surface area contributed by atoms with E-state index in [-0.39, 0.29) is 11.9 Å². The van der Waals surface area contributed by atoms with Gasteiger partial charge in [-0.15, -0.1) is 0 Å². The summed E-state index contributed by atoms with van der Waals surface area (Å²) in [6, 6.07) is 9.72. The monoisotopic (exact) mass is 361 g/mol.